The first kappa shape index (κ1) is 16.3. The van der Waals surface area contributed by atoms with Crippen molar-refractivity contribution >= 4 is 33.6 Å². The third kappa shape index (κ3) is 4.42. The van der Waals surface area contributed by atoms with Crippen LogP contribution in [0, 0.1) is 11.6 Å². The maximum Gasteiger partial charge on any atom is 0.326 e. The fourth-order valence-electron chi connectivity index (χ4n) is 1.36. The summed E-state index contributed by atoms with van der Waals surface area (Å²) in [7, 11) is 0. The Kier molecular flexibility index (Phi) is 5.83. The number of anilines is 1. The molecule has 0 heterocycles. The van der Waals surface area contributed by atoms with E-state index in [0.717, 1.165) is 6.07 Å². The number of carboxylic acids is 1. The third-order valence-corrected chi connectivity index (χ3v) is 2.89. The largest absolute Gasteiger partial charge is 0.480 e. The number of nitrogens with one attached hydrogen (secondary N) is 2. The van der Waals surface area contributed by atoms with Crippen molar-refractivity contribution in [3.63, 3.8) is 0 Å². The zero-order chi connectivity index (χ0) is 15.3. The van der Waals surface area contributed by atoms with Gasteiger partial charge in [-0.1, -0.05) is 0 Å². The molecule has 0 bridgehead atoms. The molecule has 1 rings (SSSR count). The zero-order valence-corrected chi connectivity index (χ0v) is 11.6. The Bertz CT molecular complexity index is 504. The number of amides is 2. The van der Waals surface area contributed by atoms with Crippen LogP contribution in [0.2, 0.25) is 0 Å². The van der Waals surface area contributed by atoms with E-state index in [1.54, 1.807) is 0 Å². The maximum atomic E-state index is 13.4. The molecule has 1 aromatic rings. The standard InChI is InChI=1S/C11H11BrF2N2O4/c12-6-3-5(13)4-7(14)9(6)16-11(20)15-8(1-2-17)10(18)19/h3-4,8,17H,1-2H2,(H,18,19)(H2,15,16,20)/t8-/m1/s1. The van der Waals surface area contributed by atoms with E-state index in [4.69, 9.17) is 10.2 Å². The fourth-order valence-corrected chi connectivity index (χ4v) is 1.86. The summed E-state index contributed by atoms with van der Waals surface area (Å²) in [5.41, 5.74) is -0.322. The van der Waals surface area contributed by atoms with Crippen LogP contribution < -0.4 is 10.6 Å². The highest BCUT2D eigenvalue weighted by atomic mass is 79.9. The van der Waals surface area contributed by atoms with Crippen molar-refractivity contribution in [3.8, 4) is 0 Å². The van der Waals surface area contributed by atoms with Crippen molar-refractivity contribution in [2.45, 2.75) is 12.5 Å². The van der Waals surface area contributed by atoms with Gasteiger partial charge in [0.2, 0.25) is 0 Å². The topological polar surface area (TPSA) is 98.7 Å². The van der Waals surface area contributed by atoms with Crippen LogP contribution in [0.3, 0.4) is 0 Å². The minimum Gasteiger partial charge on any atom is -0.480 e. The lowest BCUT2D eigenvalue weighted by atomic mass is 10.2. The Balaban J connectivity index is 2.78. The average molecular weight is 353 g/mol. The molecule has 0 saturated carbocycles. The number of urea groups is 1. The van der Waals surface area contributed by atoms with Crippen LogP contribution in [0.5, 0.6) is 0 Å². The highest BCUT2D eigenvalue weighted by Crippen LogP contribution is 2.26. The Labute approximate surface area is 120 Å². The molecule has 0 radical (unpaired) electrons. The van der Waals surface area contributed by atoms with Crippen molar-refractivity contribution < 1.29 is 28.6 Å². The predicted molar refractivity (Wildman–Crippen MR) is 69.3 cm³/mol. The van der Waals surface area contributed by atoms with Crippen molar-refractivity contribution in [1.29, 1.82) is 0 Å². The molecule has 0 aliphatic rings. The molecular formula is C11H11BrF2N2O4. The SMILES string of the molecule is O=C(Nc1c(F)cc(F)cc1Br)N[C@H](CCO)C(=O)O. The molecule has 0 aromatic heterocycles. The first-order chi connectivity index (χ1) is 9.35. The molecule has 0 aliphatic heterocycles. The molecule has 1 atom stereocenters. The van der Waals surface area contributed by atoms with Crippen LogP contribution in [0.4, 0.5) is 19.3 Å². The molecule has 0 spiro atoms. The number of hydrogen-bond donors (Lipinski definition) is 4. The van der Waals surface area contributed by atoms with Gasteiger partial charge in [0.1, 0.15) is 11.9 Å². The number of carboxylic acid groups (broad SMARTS) is 1. The fraction of sp³-hybridized carbons (Fsp3) is 0.273. The number of carbonyl (C=O) groups excluding carboxylic acids is 1. The van der Waals surface area contributed by atoms with Crippen LogP contribution in [0.25, 0.3) is 0 Å². The second-order valence-corrected chi connectivity index (χ2v) is 4.60. The molecule has 2 amide bonds. The third-order valence-electron chi connectivity index (χ3n) is 2.27. The highest BCUT2D eigenvalue weighted by molar-refractivity contribution is 9.10. The lowest BCUT2D eigenvalue weighted by Crippen LogP contribution is -2.43. The monoisotopic (exact) mass is 352 g/mol. The molecule has 0 saturated heterocycles. The Morgan fingerprint density at radius 1 is 1.35 bits per heavy atom. The molecule has 1 aromatic carbocycles. The quantitative estimate of drug-likeness (QED) is 0.647. The second kappa shape index (κ2) is 7.15. The number of carbonyl (C=O) groups is 2. The number of halogens is 3. The summed E-state index contributed by atoms with van der Waals surface area (Å²) in [6, 6.07) is -0.788. The van der Waals surface area contributed by atoms with Gasteiger partial charge in [-0.3, -0.25) is 0 Å². The van der Waals surface area contributed by atoms with Gasteiger partial charge in [-0.15, -0.1) is 0 Å². The number of aliphatic hydroxyl groups is 1. The van der Waals surface area contributed by atoms with E-state index in [9.17, 15) is 18.4 Å². The van der Waals surface area contributed by atoms with E-state index in [-0.39, 0.29) is 16.6 Å². The van der Waals surface area contributed by atoms with Crippen LogP contribution in [0.15, 0.2) is 16.6 Å². The number of aliphatic carboxylic acids is 1. The van der Waals surface area contributed by atoms with Crippen LogP contribution in [0.1, 0.15) is 6.42 Å². The highest BCUT2D eigenvalue weighted by Gasteiger charge is 2.20. The van der Waals surface area contributed by atoms with E-state index < -0.39 is 36.3 Å². The lowest BCUT2D eigenvalue weighted by Gasteiger charge is -2.15. The number of rotatable bonds is 5. The van der Waals surface area contributed by atoms with Gasteiger partial charge in [0.25, 0.3) is 0 Å². The molecule has 0 fully saturated rings. The maximum absolute atomic E-state index is 13.4. The van der Waals surface area contributed by atoms with Gasteiger partial charge in [0.15, 0.2) is 5.82 Å². The van der Waals surface area contributed by atoms with E-state index in [1.165, 1.54) is 0 Å². The Morgan fingerprint density at radius 3 is 2.50 bits per heavy atom. The summed E-state index contributed by atoms with van der Waals surface area (Å²) in [6.45, 7) is -0.439. The van der Waals surface area contributed by atoms with Gasteiger partial charge in [0.05, 0.1) is 5.69 Å². The van der Waals surface area contributed by atoms with Gasteiger partial charge >= 0.3 is 12.0 Å². The Hall–Kier alpha value is -1.74. The molecule has 4 N–H and O–H groups in total. The van der Waals surface area contributed by atoms with Crippen molar-refractivity contribution in [1.82, 2.24) is 5.32 Å². The summed E-state index contributed by atoms with van der Waals surface area (Å²) in [4.78, 5) is 22.3. The summed E-state index contributed by atoms with van der Waals surface area (Å²) < 4.78 is 26.3. The molecule has 9 heteroatoms. The van der Waals surface area contributed by atoms with Crippen LogP contribution in [-0.2, 0) is 4.79 Å². The lowest BCUT2D eigenvalue weighted by molar-refractivity contribution is -0.139. The molecule has 110 valence electrons. The van der Waals surface area contributed by atoms with Gasteiger partial charge in [-0.05, 0) is 22.0 Å². The van der Waals surface area contributed by atoms with E-state index in [1.807, 2.05) is 5.32 Å². The summed E-state index contributed by atoms with van der Waals surface area (Å²) >= 11 is 2.87. The van der Waals surface area contributed by atoms with Gasteiger partial charge in [0, 0.05) is 23.6 Å². The minimum absolute atomic E-state index is 0.0285. The second-order valence-electron chi connectivity index (χ2n) is 3.75. The van der Waals surface area contributed by atoms with Gasteiger partial charge in [-0.2, -0.15) is 0 Å². The van der Waals surface area contributed by atoms with Crippen LogP contribution >= 0.6 is 15.9 Å². The molecule has 6 nitrogen and oxygen atoms in total. The Morgan fingerprint density at radius 2 is 2.00 bits per heavy atom. The number of benzene rings is 1. The smallest absolute Gasteiger partial charge is 0.326 e. The predicted octanol–water partition coefficient (Wildman–Crippen LogP) is 1.68. The molecule has 20 heavy (non-hydrogen) atoms. The van der Waals surface area contributed by atoms with E-state index in [0.29, 0.717) is 6.07 Å². The molecular weight excluding hydrogens is 342 g/mol. The zero-order valence-electron chi connectivity index (χ0n) is 9.99. The first-order valence-corrected chi connectivity index (χ1v) is 6.20. The van der Waals surface area contributed by atoms with Crippen LogP contribution in [-0.4, -0.2) is 34.9 Å². The van der Waals surface area contributed by atoms with Crippen molar-refractivity contribution in [2.75, 3.05) is 11.9 Å². The van der Waals surface area contributed by atoms with Crippen molar-refractivity contribution in [3.05, 3.63) is 28.2 Å². The van der Waals surface area contributed by atoms with Crippen molar-refractivity contribution in [2.24, 2.45) is 0 Å². The molecule has 0 unspecified atom stereocenters. The summed E-state index contributed by atoms with van der Waals surface area (Å²) in [5.74, 6) is -3.18. The number of hydrogen-bond acceptors (Lipinski definition) is 3. The normalized spacial score (nSPS) is 11.8. The summed E-state index contributed by atoms with van der Waals surface area (Å²) in [6.07, 6.45) is -0.199. The number of aliphatic hydroxyl groups excluding tert-OH is 1. The first-order valence-electron chi connectivity index (χ1n) is 5.41. The van der Waals surface area contributed by atoms with E-state index in [2.05, 4.69) is 21.2 Å². The van der Waals surface area contributed by atoms with Gasteiger partial charge in [-0.25, -0.2) is 18.4 Å². The average Bonchev–Trinajstić information content (AvgIpc) is 2.33. The van der Waals surface area contributed by atoms with Gasteiger partial charge < -0.3 is 20.8 Å². The summed E-state index contributed by atoms with van der Waals surface area (Å²) in [5, 5.41) is 21.6. The van der Waals surface area contributed by atoms with E-state index >= 15 is 0 Å². The minimum atomic E-state index is -1.34. The molecule has 0 aliphatic carbocycles.